The molecule has 0 atom stereocenters. The number of esters is 1. The molecule has 8 nitrogen and oxygen atoms in total. The number of rotatable bonds is 9. The third kappa shape index (κ3) is 5.26. The minimum absolute atomic E-state index is 0.231. The van der Waals surface area contributed by atoms with Crippen LogP contribution in [0.1, 0.15) is 67.1 Å². The maximum atomic E-state index is 12.9. The molecule has 0 bridgehead atoms. The average molecular weight is 437 g/mol. The van der Waals surface area contributed by atoms with Crippen molar-refractivity contribution < 1.29 is 23.5 Å². The lowest BCUT2D eigenvalue weighted by Crippen LogP contribution is -2.25. The van der Waals surface area contributed by atoms with E-state index in [9.17, 15) is 14.4 Å². The van der Waals surface area contributed by atoms with Gasteiger partial charge in [-0.1, -0.05) is 25.5 Å². The van der Waals surface area contributed by atoms with Crippen LogP contribution in [0, 0.1) is 6.92 Å². The third-order valence-electron chi connectivity index (χ3n) is 5.05. The van der Waals surface area contributed by atoms with Gasteiger partial charge in [-0.05, 0) is 48.7 Å². The van der Waals surface area contributed by atoms with E-state index in [-0.39, 0.29) is 18.4 Å². The van der Waals surface area contributed by atoms with Crippen LogP contribution >= 0.6 is 0 Å². The summed E-state index contributed by atoms with van der Waals surface area (Å²) in [5.74, 6) is -0.353. The zero-order valence-electron chi connectivity index (χ0n) is 18.4. The second-order valence-electron chi connectivity index (χ2n) is 7.37. The fourth-order valence-electron chi connectivity index (χ4n) is 3.52. The van der Waals surface area contributed by atoms with Crippen LogP contribution in [0.2, 0.25) is 0 Å². The maximum Gasteiger partial charge on any atom is 0.339 e. The van der Waals surface area contributed by atoms with Gasteiger partial charge >= 0.3 is 5.97 Å². The second kappa shape index (κ2) is 10.5. The largest absolute Gasteiger partial charge is 0.467 e. The van der Waals surface area contributed by atoms with E-state index in [0.717, 1.165) is 12.0 Å². The summed E-state index contributed by atoms with van der Waals surface area (Å²) in [4.78, 5) is 40.5. The number of methoxy groups -OCH3 is 1. The Labute approximate surface area is 186 Å². The topological polar surface area (TPSA) is 113 Å². The molecular weight excluding hydrogens is 410 g/mol. The number of ether oxygens (including phenoxy) is 1. The van der Waals surface area contributed by atoms with Crippen molar-refractivity contribution in [3.8, 4) is 0 Å². The van der Waals surface area contributed by atoms with Crippen molar-refractivity contribution in [3.63, 3.8) is 0 Å². The van der Waals surface area contributed by atoms with E-state index in [1.54, 1.807) is 43.5 Å². The molecule has 8 heteroatoms. The Kier molecular flexibility index (Phi) is 7.49. The molecule has 3 aromatic rings. The summed E-state index contributed by atoms with van der Waals surface area (Å²) < 4.78 is 10.1. The third-order valence-corrected chi connectivity index (χ3v) is 5.05. The molecule has 0 aliphatic rings. The van der Waals surface area contributed by atoms with E-state index in [4.69, 9.17) is 9.15 Å². The predicted octanol–water partition coefficient (Wildman–Crippen LogP) is 3.52. The Morgan fingerprint density at radius 2 is 1.84 bits per heavy atom. The number of benzene rings is 1. The SMILES string of the molecule is CCCc1c(C(=O)NCc2cccc(C(=O)NCc3ccco3)c2)[nH]c(C)c1C(=O)OC. The molecule has 168 valence electrons. The summed E-state index contributed by atoms with van der Waals surface area (Å²) in [7, 11) is 1.32. The van der Waals surface area contributed by atoms with E-state index in [1.807, 2.05) is 13.0 Å². The number of H-pyrrole nitrogens is 1. The minimum atomic E-state index is -0.463. The fourth-order valence-corrected chi connectivity index (χ4v) is 3.52. The van der Waals surface area contributed by atoms with Crippen molar-refractivity contribution >= 4 is 17.8 Å². The molecule has 3 N–H and O–H groups in total. The molecule has 0 radical (unpaired) electrons. The van der Waals surface area contributed by atoms with Gasteiger partial charge in [0.1, 0.15) is 11.5 Å². The Balaban J connectivity index is 1.68. The van der Waals surface area contributed by atoms with Crippen molar-refractivity contribution in [2.45, 2.75) is 39.8 Å². The number of hydrogen-bond acceptors (Lipinski definition) is 5. The van der Waals surface area contributed by atoms with Gasteiger partial charge in [0.15, 0.2) is 0 Å². The molecule has 3 rings (SSSR count). The average Bonchev–Trinajstić information content (AvgIpc) is 3.43. The lowest BCUT2D eigenvalue weighted by atomic mass is 10.0. The number of aromatic amines is 1. The molecule has 2 heterocycles. The number of hydrogen-bond donors (Lipinski definition) is 3. The summed E-state index contributed by atoms with van der Waals surface area (Å²) >= 11 is 0. The second-order valence-corrected chi connectivity index (χ2v) is 7.37. The molecule has 2 amide bonds. The van der Waals surface area contributed by atoms with Gasteiger partial charge < -0.3 is 24.8 Å². The van der Waals surface area contributed by atoms with Gasteiger partial charge in [0.2, 0.25) is 0 Å². The standard InChI is InChI=1S/C24H27N3O5/c1-4-7-19-20(24(30)31-3)15(2)27-21(19)23(29)25-13-16-8-5-9-17(12-16)22(28)26-14-18-10-6-11-32-18/h5-6,8-12,27H,4,7,13-14H2,1-3H3,(H,25,29)(H,26,28). The number of carbonyl (C=O) groups excluding carboxylic acids is 3. The molecule has 0 spiro atoms. The Morgan fingerprint density at radius 3 is 2.53 bits per heavy atom. The van der Waals surface area contributed by atoms with Crippen LogP contribution in [0.5, 0.6) is 0 Å². The molecule has 0 saturated carbocycles. The van der Waals surface area contributed by atoms with E-state index >= 15 is 0 Å². The molecule has 2 aromatic heterocycles. The van der Waals surface area contributed by atoms with Gasteiger partial charge in [0.25, 0.3) is 11.8 Å². The number of aromatic nitrogens is 1. The first-order valence-corrected chi connectivity index (χ1v) is 10.4. The first kappa shape index (κ1) is 22.9. The van der Waals surface area contributed by atoms with Crippen LogP contribution in [0.25, 0.3) is 0 Å². The fraction of sp³-hybridized carbons (Fsp3) is 0.292. The highest BCUT2D eigenvalue weighted by Gasteiger charge is 2.24. The molecule has 1 aromatic carbocycles. The Hall–Kier alpha value is -3.81. The summed E-state index contributed by atoms with van der Waals surface area (Å²) in [6.45, 7) is 4.25. The van der Waals surface area contributed by atoms with Crippen LogP contribution in [0.3, 0.4) is 0 Å². The lowest BCUT2D eigenvalue weighted by Gasteiger charge is -2.09. The zero-order chi connectivity index (χ0) is 23.1. The lowest BCUT2D eigenvalue weighted by molar-refractivity contribution is 0.0598. The highest BCUT2D eigenvalue weighted by atomic mass is 16.5. The number of carbonyl (C=O) groups is 3. The smallest absolute Gasteiger partial charge is 0.339 e. The summed E-state index contributed by atoms with van der Waals surface area (Å²) in [6, 6.07) is 10.6. The molecule has 0 aliphatic heterocycles. The predicted molar refractivity (Wildman–Crippen MR) is 118 cm³/mol. The summed E-state index contributed by atoms with van der Waals surface area (Å²) in [5, 5.41) is 5.66. The molecule has 0 saturated heterocycles. The molecule has 0 aliphatic carbocycles. The highest BCUT2D eigenvalue weighted by molar-refractivity contribution is 6.00. The van der Waals surface area contributed by atoms with Gasteiger partial charge in [0.05, 0.1) is 25.5 Å². The number of amides is 2. The van der Waals surface area contributed by atoms with Gasteiger partial charge in [-0.2, -0.15) is 0 Å². The van der Waals surface area contributed by atoms with Crippen LogP contribution in [-0.4, -0.2) is 29.9 Å². The van der Waals surface area contributed by atoms with Gasteiger partial charge in [-0.3, -0.25) is 9.59 Å². The van der Waals surface area contributed by atoms with Crippen LogP contribution in [0.15, 0.2) is 47.1 Å². The zero-order valence-corrected chi connectivity index (χ0v) is 18.4. The van der Waals surface area contributed by atoms with Crippen LogP contribution in [0.4, 0.5) is 0 Å². The van der Waals surface area contributed by atoms with E-state index in [1.165, 1.54) is 7.11 Å². The Bertz CT molecular complexity index is 1100. The van der Waals surface area contributed by atoms with Crippen molar-refractivity contribution in [1.82, 2.24) is 15.6 Å². The quantitative estimate of drug-likeness (QED) is 0.443. The minimum Gasteiger partial charge on any atom is -0.467 e. The van der Waals surface area contributed by atoms with E-state index in [0.29, 0.717) is 46.8 Å². The van der Waals surface area contributed by atoms with Gasteiger partial charge in [0, 0.05) is 17.8 Å². The van der Waals surface area contributed by atoms with Crippen LogP contribution < -0.4 is 10.6 Å². The van der Waals surface area contributed by atoms with Crippen molar-refractivity contribution in [2.24, 2.45) is 0 Å². The molecule has 32 heavy (non-hydrogen) atoms. The summed E-state index contributed by atoms with van der Waals surface area (Å²) in [6.07, 6.45) is 2.90. The first-order chi connectivity index (χ1) is 15.4. The number of furan rings is 1. The van der Waals surface area contributed by atoms with Crippen LogP contribution in [-0.2, 0) is 24.2 Å². The summed E-state index contributed by atoms with van der Waals surface area (Å²) in [5.41, 5.74) is 3.28. The van der Waals surface area contributed by atoms with E-state index in [2.05, 4.69) is 15.6 Å². The first-order valence-electron chi connectivity index (χ1n) is 10.4. The molecular formula is C24H27N3O5. The van der Waals surface area contributed by atoms with Crippen molar-refractivity contribution in [2.75, 3.05) is 7.11 Å². The normalized spacial score (nSPS) is 10.6. The van der Waals surface area contributed by atoms with Crippen molar-refractivity contribution in [3.05, 3.63) is 82.1 Å². The monoisotopic (exact) mass is 437 g/mol. The highest BCUT2D eigenvalue weighted by Crippen LogP contribution is 2.22. The molecule has 0 unspecified atom stereocenters. The maximum absolute atomic E-state index is 12.9. The number of nitrogens with one attached hydrogen (secondary N) is 3. The van der Waals surface area contributed by atoms with Gasteiger partial charge in [-0.15, -0.1) is 0 Å². The molecule has 0 fully saturated rings. The van der Waals surface area contributed by atoms with Crippen molar-refractivity contribution in [1.29, 1.82) is 0 Å². The number of aryl methyl sites for hydroxylation is 1. The van der Waals surface area contributed by atoms with Gasteiger partial charge in [-0.25, -0.2) is 4.79 Å². The van der Waals surface area contributed by atoms with E-state index < -0.39 is 5.97 Å². The Morgan fingerprint density at radius 1 is 1.06 bits per heavy atom.